The first-order valence-electron chi connectivity index (χ1n) is 5.63. The van der Waals surface area contributed by atoms with Crippen LogP contribution in [0.3, 0.4) is 0 Å². The topological polar surface area (TPSA) is 17.1 Å². The Kier molecular flexibility index (Phi) is 4.61. The van der Waals surface area contributed by atoms with Crippen LogP contribution in [0.2, 0.25) is 0 Å². The predicted molar refractivity (Wildman–Crippen MR) is 80.4 cm³/mol. The maximum atomic E-state index is 12.0. The van der Waals surface area contributed by atoms with E-state index in [-0.39, 0.29) is 5.78 Å². The van der Waals surface area contributed by atoms with E-state index in [1.54, 1.807) is 11.8 Å². The molecule has 0 amide bonds. The third kappa shape index (κ3) is 3.72. The molecule has 0 aliphatic rings. The fraction of sp³-hybridized carbons (Fsp3) is 0.133. The predicted octanol–water partition coefficient (Wildman–Crippen LogP) is 4.73. The minimum Gasteiger partial charge on any atom is -0.293 e. The van der Waals surface area contributed by atoms with Crippen LogP contribution in [0, 0.1) is 6.92 Å². The average molecular weight is 321 g/mol. The van der Waals surface area contributed by atoms with E-state index in [0.29, 0.717) is 5.75 Å². The summed E-state index contributed by atoms with van der Waals surface area (Å²) in [5.41, 5.74) is 1.99. The third-order valence-electron chi connectivity index (χ3n) is 2.54. The second kappa shape index (κ2) is 6.21. The molecule has 2 aromatic rings. The Labute approximate surface area is 120 Å². The number of aryl methyl sites for hydroxylation is 1. The van der Waals surface area contributed by atoms with Crippen molar-refractivity contribution in [2.75, 3.05) is 5.75 Å². The van der Waals surface area contributed by atoms with Gasteiger partial charge in [0.15, 0.2) is 5.78 Å². The van der Waals surface area contributed by atoms with Crippen LogP contribution < -0.4 is 0 Å². The summed E-state index contributed by atoms with van der Waals surface area (Å²) in [4.78, 5) is 13.1. The number of benzene rings is 2. The van der Waals surface area contributed by atoms with E-state index >= 15 is 0 Å². The summed E-state index contributed by atoms with van der Waals surface area (Å²) < 4.78 is 0.939. The smallest absolute Gasteiger partial charge is 0.173 e. The highest BCUT2D eigenvalue weighted by Gasteiger charge is 2.06. The molecule has 0 N–H and O–H groups in total. The first-order chi connectivity index (χ1) is 8.65. The van der Waals surface area contributed by atoms with E-state index in [0.717, 1.165) is 14.9 Å². The summed E-state index contributed by atoms with van der Waals surface area (Å²) in [6.07, 6.45) is 0. The number of halogens is 1. The monoisotopic (exact) mass is 320 g/mol. The van der Waals surface area contributed by atoms with Gasteiger partial charge in [-0.15, -0.1) is 11.8 Å². The summed E-state index contributed by atoms with van der Waals surface area (Å²) >= 11 is 4.95. The zero-order valence-corrected chi connectivity index (χ0v) is 12.4. The molecule has 0 aromatic heterocycles. The van der Waals surface area contributed by atoms with Crippen LogP contribution in [0.1, 0.15) is 15.9 Å². The van der Waals surface area contributed by atoms with Gasteiger partial charge in [-0.25, -0.2) is 0 Å². The van der Waals surface area contributed by atoms with Crippen LogP contribution in [0.25, 0.3) is 0 Å². The number of rotatable bonds is 4. The van der Waals surface area contributed by atoms with E-state index in [1.165, 1.54) is 5.56 Å². The fourth-order valence-corrected chi connectivity index (χ4v) is 2.72. The molecule has 0 aliphatic heterocycles. The quantitative estimate of drug-likeness (QED) is 0.598. The minimum absolute atomic E-state index is 0.155. The molecular formula is C15H13BrOS. The summed E-state index contributed by atoms with van der Waals surface area (Å²) in [6, 6.07) is 15.7. The van der Waals surface area contributed by atoms with Crippen molar-refractivity contribution in [3.63, 3.8) is 0 Å². The standard InChI is InChI=1S/C15H13BrOS/c1-11-5-7-14(8-6-11)18-10-15(17)12-3-2-4-13(16)9-12/h2-9H,10H2,1H3. The van der Waals surface area contributed by atoms with Gasteiger partial charge in [-0.1, -0.05) is 45.8 Å². The molecule has 0 fully saturated rings. The summed E-state index contributed by atoms with van der Waals surface area (Å²) in [5, 5.41) is 0. The number of thioether (sulfide) groups is 1. The van der Waals surface area contributed by atoms with Gasteiger partial charge < -0.3 is 0 Å². The Morgan fingerprint density at radius 3 is 2.56 bits per heavy atom. The molecular weight excluding hydrogens is 308 g/mol. The number of Topliss-reactive ketones (excluding diaryl/α,β-unsaturated/α-hetero) is 1. The Morgan fingerprint density at radius 2 is 1.89 bits per heavy atom. The molecule has 0 aliphatic carbocycles. The average Bonchev–Trinajstić information content (AvgIpc) is 2.38. The SMILES string of the molecule is Cc1ccc(SCC(=O)c2cccc(Br)c2)cc1. The van der Waals surface area contributed by atoms with Crippen molar-refractivity contribution >= 4 is 33.5 Å². The third-order valence-corrected chi connectivity index (χ3v) is 4.04. The molecule has 1 nitrogen and oxygen atoms in total. The molecule has 0 saturated carbocycles. The van der Waals surface area contributed by atoms with E-state index in [4.69, 9.17) is 0 Å². The number of ketones is 1. The summed E-state index contributed by atoms with van der Waals surface area (Å²) in [5.74, 6) is 0.626. The molecule has 92 valence electrons. The van der Waals surface area contributed by atoms with Crippen LogP contribution >= 0.6 is 27.7 Å². The molecule has 18 heavy (non-hydrogen) atoms. The van der Waals surface area contributed by atoms with Crippen molar-refractivity contribution in [1.29, 1.82) is 0 Å². The van der Waals surface area contributed by atoms with Gasteiger partial charge in [0.1, 0.15) is 0 Å². The lowest BCUT2D eigenvalue weighted by Gasteiger charge is -2.03. The molecule has 0 unspecified atom stereocenters. The molecule has 2 rings (SSSR count). The van der Waals surface area contributed by atoms with Gasteiger partial charge in [-0.05, 0) is 31.2 Å². The number of hydrogen-bond donors (Lipinski definition) is 0. The fourth-order valence-electron chi connectivity index (χ4n) is 1.53. The van der Waals surface area contributed by atoms with Crippen LogP contribution in [0.4, 0.5) is 0 Å². The van der Waals surface area contributed by atoms with Gasteiger partial charge in [0.25, 0.3) is 0 Å². The molecule has 0 atom stereocenters. The number of carbonyl (C=O) groups excluding carboxylic acids is 1. The van der Waals surface area contributed by atoms with Crippen molar-refractivity contribution < 1.29 is 4.79 Å². The van der Waals surface area contributed by atoms with Crippen LogP contribution in [-0.4, -0.2) is 11.5 Å². The van der Waals surface area contributed by atoms with E-state index in [1.807, 2.05) is 36.4 Å². The summed E-state index contributed by atoms with van der Waals surface area (Å²) in [7, 11) is 0. The first-order valence-corrected chi connectivity index (χ1v) is 7.41. The second-order valence-corrected chi connectivity index (χ2v) is 6.00. The van der Waals surface area contributed by atoms with Crippen molar-refractivity contribution in [2.45, 2.75) is 11.8 Å². The van der Waals surface area contributed by atoms with E-state index in [2.05, 4.69) is 35.0 Å². The lowest BCUT2D eigenvalue weighted by atomic mass is 10.2. The molecule has 0 heterocycles. The van der Waals surface area contributed by atoms with Crippen LogP contribution in [-0.2, 0) is 0 Å². The van der Waals surface area contributed by atoms with E-state index in [9.17, 15) is 4.79 Å². The second-order valence-electron chi connectivity index (χ2n) is 4.04. The van der Waals surface area contributed by atoms with Gasteiger partial charge in [0.05, 0.1) is 5.75 Å². The summed E-state index contributed by atoms with van der Waals surface area (Å²) in [6.45, 7) is 2.06. The Bertz CT molecular complexity index is 549. The molecule has 0 saturated heterocycles. The number of hydrogen-bond acceptors (Lipinski definition) is 2. The van der Waals surface area contributed by atoms with E-state index < -0.39 is 0 Å². The Hall–Kier alpha value is -1.06. The highest BCUT2D eigenvalue weighted by atomic mass is 79.9. The molecule has 2 aromatic carbocycles. The minimum atomic E-state index is 0.155. The lowest BCUT2D eigenvalue weighted by molar-refractivity contribution is 0.102. The van der Waals surface area contributed by atoms with Gasteiger partial charge in [-0.2, -0.15) is 0 Å². The van der Waals surface area contributed by atoms with Crippen molar-refractivity contribution in [2.24, 2.45) is 0 Å². The normalized spacial score (nSPS) is 10.3. The number of carbonyl (C=O) groups is 1. The molecule has 0 bridgehead atoms. The van der Waals surface area contributed by atoms with Gasteiger partial charge in [0.2, 0.25) is 0 Å². The largest absolute Gasteiger partial charge is 0.293 e. The maximum absolute atomic E-state index is 12.0. The Balaban J connectivity index is 1.98. The molecule has 3 heteroatoms. The zero-order chi connectivity index (χ0) is 13.0. The first kappa shape index (κ1) is 13.4. The molecule has 0 radical (unpaired) electrons. The zero-order valence-electron chi connectivity index (χ0n) is 10.0. The van der Waals surface area contributed by atoms with Gasteiger partial charge in [-0.3, -0.25) is 4.79 Å². The highest BCUT2D eigenvalue weighted by Crippen LogP contribution is 2.20. The van der Waals surface area contributed by atoms with Crippen molar-refractivity contribution in [3.05, 3.63) is 64.1 Å². The molecule has 0 spiro atoms. The van der Waals surface area contributed by atoms with Crippen LogP contribution in [0.15, 0.2) is 57.9 Å². The highest BCUT2D eigenvalue weighted by molar-refractivity contribution is 9.10. The maximum Gasteiger partial charge on any atom is 0.173 e. The van der Waals surface area contributed by atoms with Gasteiger partial charge in [0, 0.05) is 14.9 Å². The van der Waals surface area contributed by atoms with Gasteiger partial charge >= 0.3 is 0 Å². The van der Waals surface area contributed by atoms with Crippen LogP contribution in [0.5, 0.6) is 0 Å². The Morgan fingerprint density at radius 1 is 1.17 bits per heavy atom. The van der Waals surface area contributed by atoms with Crippen molar-refractivity contribution in [1.82, 2.24) is 0 Å². The lowest BCUT2D eigenvalue weighted by Crippen LogP contribution is -2.01. The van der Waals surface area contributed by atoms with Crippen molar-refractivity contribution in [3.8, 4) is 0 Å².